The van der Waals surface area contributed by atoms with Gasteiger partial charge >= 0.3 is 0 Å². The lowest BCUT2D eigenvalue weighted by Gasteiger charge is -2.30. The van der Waals surface area contributed by atoms with Gasteiger partial charge in [0.15, 0.2) is 0 Å². The van der Waals surface area contributed by atoms with Gasteiger partial charge in [-0.05, 0) is 43.0 Å². The lowest BCUT2D eigenvalue weighted by Crippen LogP contribution is -2.39. The van der Waals surface area contributed by atoms with E-state index in [4.69, 9.17) is 9.68 Å². The van der Waals surface area contributed by atoms with Crippen molar-refractivity contribution in [2.45, 2.75) is 24.7 Å². The number of nitrogens with zero attached hydrogens (tertiary/aromatic N) is 3. The number of aromatic nitrogens is 1. The van der Waals surface area contributed by atoms with Crippen molar-refractivity contribution in [3.8, 4) is 17.5 Å². The molecule has 2 aromatic rings. The molecule has 1 fully saturated rings. The summed E-state index contributed by atoms with van der Waals surface area (Å²) in [6.07, 6.45) is 1.95. The maximum atomic E-state index is 12.8. The first-order valence-corrected chi connectivity index (χ1v) is 9.59. The number of oxazole rings is 1. The minimum atomic E-state index is -3.49. The van der Waals surface area contributed by atoms with E-state index in [1.807, 2.05) is 6.07 Å². The highest BCUT2D eigenvalue weighted by Gasteiger charge is 2.28. The van der Waals surface area contributed by atoms with Gasteiger partial charge in [-0.25, -0.2) is 8.42 Å². The van der Waals surface area contributed by atoms with Crippen LogP contribution in [0.5, 0.6) is 0 Å². The number of piperidine rings is 1. The van der Waals surface area contributed by atoms with Crippen molar-refractivity contribution in [3.63, 3.8) is 0 Å². The Morgan fingerprint density at radius 1 is 1.36 bits per heavy atom. The molecule has 8 heteroatoms. The number of hydrogen-bond acceptors (Lipinski definition) is 6. The third-order valence-corrected chi connectivity index (χ3v) is 6.20. The number of nitriles is 1. The van der Waals surface area contributed by atoms with Crippen molar-refractivity contribution >= 4 is 15.9 Å². The molecular weight excluding hydrogens is 340 g/mol. The molecule has 1 N–H and O–H groups in total. The molecule has 3 rings (SSSR count). The Hall–Kier alpha value is -2.37. The summed E-state index contributed by atoms with van der Waals surface area (Å²) in [4.78, 5) is 4.37. The van der Waals surface area contributed by atoms with Crippen LogP contribution in [-0.4, -0.2) is 37.8 Å². The molecule has 1 saturated heterocycles. The highest BCUT2D eigenvalue weighted by molar-refractivity contribution is 7.89. The Morgan fingerprint density at radius 2 is 2.08 bits per heavy atom. The van der Waals surface area contributed by atoms with Crippen molar-refractivity contribution < 1.29 is 12.8 Å². The zero-order valence-electron chi connectivity index (χ0n) is 14.2. The molecule has 25 heavy (non-hydrogen) atoms. The summed E-state index contributed by atoms with van der Waals surface area (Å²) in [5, 5.41) is 11.8. The maximum absolute atomic E-state index is 12.8. The molecule has 7 nitrogen and oxygen atoms in total. The molecule has 0 amide bonds. The highest BCUT2D eigenvalue weighted by Crippen LogP contribution is 2.28. The number of nitrogens with one attached hydrogen (secondary N) is 1. The normalized spacial score (nSPS) is 18.7. The zero-order valence-corrected chi connectivity index (χ0v) is 15.0. The van der Waals surface area contributed by atoms with E-state index < -0.39 is 10.0 Å². The van der Waals surface area contributed by atoms with E-state index in [1.54, 1.807) is 35.6 Å². The quantitative estimate of drug-likeness (QED) is 0.900. The van der Waals surface area contributed by atoms with Gasteiger partial charge in [-0.15, -0.1) is 0 Å². The molecule has 2 heterocycles. The topological polar surface area (TPSA) is 99.2 Å². The van der Waals surface area contributed by atoms with E-state index in [-0.39, 0.29) is 22.4 Å². The number of anilines is 1. The van der Waals surface area contributed by atoms with E-state index in [0.717, 1.165) is 12.8 Å². The smallest absolute Gasteiger partial charge is 0.243 e. The molecule has 0 saturated carbocycles. The van der Waals surface area contributed by atoms with Crippen LogP contribution in [-0.2, 0) is 10.0 Å². The van der Waals surface area contributed by atoms with Crippen molar-refractivity contribution in [2.75, 3.05) is 25.5 Å². The second-order valence-corrected chi connectivity index (χ2v) is 8.13. The molecule has 1 atom stereocenters. The molecule has 1 aliphatic heterocycles. The highest BCUT2D eigenvalue weighted by atomic mass is 32.2. The number of benzene rings is 1. The number of rotatable bonds is 4. The summed E-state index contributed by atoms with van der Waals surface area (Å²) in [7, 11) is -1.85. The Balaban J connectivity index is 1.87. The molecule has 0 radical (unpaired) electrons. The van der Waals surface area contributed by atoms with Crippen LogP contribution >= 0.6 is 0 Å². The second-order valence-electron chi connectivity index (χ2n) is 6.19. The first-order valence-electron chi connectivity index (χ1n) is 8.15. The summed E-state index contributed by atoms with van der Waals surface area (Å²) < 4.78 is 32.6. The summed E-state index contributed by atoms with van der Waals surface area (Å²) in [5.41, 5.74) is 0.778. The molecule has 0 aliphatic carbocycles. The second kappa shape index (κ2) is 6.86. The fraction of sp³-hybridized carbons (Fsp3) is 0.412. The maximum Gasteiger partial charge on any atom is 0.243 e. The Bertz CT molecular complexity index is 897. The molecule has 0 spiro atoms. The van der Waals surface area contributed by atoms with Gasteiger partial charge in [0.05, 0.1) is 4.90 Å². The lowest BCUT2D eigenvalue weighted by atomic mass is 10.0. The third kappa shape index (κ3) is 3.38. The number of hydrogen-bond donors (Lipinski definition) is 1. The van der Waals surface area contributed by atoms with Gasteiger partial charge < -0.3 is 9.73 Å². The van der Waals surface area contributed by atoms with Crippen LogP contribution in [0, 0.1) is 17.2 Å². The average molecular weight is 360 g/mol. The monoisotopic (exact) mass is 360 g/mol. The predicted molar refractivity (Wildman–Crippen MR) is 93.4 cm³/mol. The van der Waals surface area contributed by atoms with Gasteiger partial charge in [-0.2, -0.15) is 14.6 Å². The molecule has 0 bridgehead atoms. The average Bonchev–Trinajstić information content (AvgIpc) is 3.05. The first-order chi connectivity index (χ1) is 12.0. The molecule has 1 aliphatic rings. The van der Waals surface area contributed by atoms with Gasteiger partial charge in [-0.1, -0.05) is 6.92 Å². The van der Waals surface area contributed by atoms with E-state index in [9.17, 15) is 8.42 Å². The fourth-order valence-electron chi connectivity index (χ4n) is 2.97. The summed E-state index contributed by atoms with van der Waals surface area (Å²) >= 11 is 0. The van der Waals surface area contributed by atoms with Crippen LogP contribution in [0.25, 0.3) is 11.5 Å². The first kappa shape index (κ1) is 17.5. The molecule has 1 unspecified atom stereocenters. The summed E-state index contributed by atoms with van der Waals surface area (Å²) in [6.45, 7) is 3.19. The third-order valence-electron chi connectivity index (χ3n) is 4.32. The van der Waals surface area contributed by atoms with Crippen LogP contribution in [0.4, 0.5) is 5.88 Å². The van der Waals surface area contributed by atoms with E-state index in [2.05, 4.69) is 17.2 Å². The molecule has 132 valence electrons. The molecule has 1 aromatic carbocycles. The van der Waals surface area contributed by atoms with E-state index >= 15 is 0 Å². The van der Waals surface area contributed by atoms with Crippen molar-refractivity contribution in [1.29, 1.82) is 5.26 Å². The Kier molecular flexibility index (Phi) is 4.79. The van der Waals surface area contributed by atoms with Gasteiger partial charge in [0.25, 0.3) is 0 Å². The zero-order chi connectivity index (χ0) is 18.0. The standard InChI is InChI=1S/C17H20N4O3S/c1-12-4-3-9-21(11-12)25(22,23)14-7-5-13(6-8-14)16-20-15(10-18)17(19-2)24-16/h5-8,12,19H,3-4,9,11H2,1-2H3. The minimum Gasteiger partial charge on any atom is -0.419 e. The molecule has 1 aromatic heterocycles. The van der Waals surface area contributed by atoms with Gasteiger partial charge in [0.2, 0.25) is 27.5 Å². The van der Waals surface area contributed by atoms with Crippen LogP contribution in [0.2, 0.25) is 0 Å². The minimum absolute atomic E-state index is 0.163. The van der Waals surface area contributed by atoms with Crippen LogP contribution in [0.3, 0.4) is 0 Å². The summed E-state index contributed by atoms with van der Waals surface area (Å²) in [5.74, 6) is 0.937. The Morgan fingerprint density at radius 3 is 2.64 bits per heavy atom. The lowest BCUT2D eigenvalue weighted by molar-refractivity contribution is 0.281. The van der Waals surface area contributed by atoms with Crippen molar-refractivity contribution in [3.05, 3.63) is 30.0 Å². The molecular formula is C17H20N4O3S. The SMILES string of the molecule is CNc1oc(-c2ccc(S(=O)(=O)N3CCCC(C)C3)cc2)nc1C#N. The van der Waals surface area contributed by atoms with Gasteiger partial charge in [0, 0.05) is 25.7 Å². The largest absolute Gasteiger partial charge is 0.419 e. The van der Waals surface area contributed by atoms with Gasteiger partial charge in [-0.3, -0.25) is 0 Å². The van der Waals surface area contributed by atoms with Crippen molar-refractivity contribution in [1.82, 2.24) is 9.29 Å². The number of sulfonamides is 1. The van der Waals surface area contributed by atoms with E-state index in [1.165, 1.54) is 0 Å². The summed E-state index contributed by atoms with van der Waals surface area (Å²) in [6, 6.07) is 8.35. The van der Waals surface area contributed by atoms with Crippen molar-refractivity contribution in [2.24, 2.45) is 5.92 Å². The fourth-order valence-corrected chi connectivity index (χ4v) is 4.57. The van der Waals surface area contributed by atoms with Crippen LogP contribution in [0.15, 0.2) is 33.6 Å². The van der Waals surface area contributed by atoms with Crippen LogP contribution < -0.4 is 5.32 Å². The van der Waals surface area contributed by atoms with E-state index in [0.29, 0.717) is 24.6 Å². The van der Waals surface area contributed by atoms with Gasteiger partial charge in [0.1, 0.15) is 6.07 Å². The predicted octanol–water partition coefficient (Wildman–Crippen LogP) is 2.68. The van der Waals surface area contributed by atoms with Crippen LogP contribution in [0.1, 0.15) is 25.5 Å². The Labute approximate surface area is 147 Å².